The molecule has 1 atom stereocenters. The fraction of sp³-hybridized carbons (Fsp3) is 1.00. The maximum absolute atomic E-state index is 11.8. The zero-order valence-corrected chi connectivity index (χ0v) is 5.40. The van der Waals surface area contributed by atoms with Crippen LogP contribution in [0, 0.1) is 20.2 Å². The third kappa shape index (κ3) is 2.13. The summed E-state index contributed by atoms with van der Waals surface area (Å²) in [5.74, 6) is 0. The van der Waals surface area contributed by atoms with Gasteiger partial charge in [0.25, 0.3) is 5.50 Å². The van der Waals surface area contributed by atoms with Crippen LogP contribution in [0.3, 0.4) is 0 Å². The summed E-state index contributed by atoms with van der Waals surface area (Å²) >= 11 is 2.92. The second-order valence-corrected chi connectivity index (χ2v) is 1.85. The normalized spacial score (nSPS) is 13.1. The molecule has 0 aromatic heterocycles. The molecule has 0 fully saturated rings. The molecule has 0 rings (SSSR count). The molecule has 0 aliphatic rings. The summed E-state index contributed by atoms with van der Waals surface area (Å²) in [5, 5.41) is 19.3. The predicted octanol–water partition coefficient (Wildman–Crippen LogP) is 0.0913. The van der Waals surface area contributed by atoms with Crippen molar-refractivity contribution in [3.05, 3.63) is 20.2 Å². The van der Waals surface area contributed by atoms with E-state index < -0.39 is 21.5 Å². The molecule has 0 aromatic carbocycles. The van der Waals surface area contributed by atoms with Crippen LogP contribution in [0.5, 0.6) is 0 Å². The number of hydrogen-bond acceptors (Lipinski definition) is 5. The maximum atomic E-state index is 11.8. The highest BCUT2D eigenvalue weighted by atomic mass is 32.1. The highest BCUT2D eigenvalue weighted by molar-refractivity contribution is 7.80. The number of alkyl halides is 1. The molecule has 0 N–H and O–H groups in total. The van der Waals surface area contributed by atoms with Gasteiger partial charge < -0.3 is 0 Å². The molecule has 6 nitrogen and oxygen atoms in total. The van der Waals surface area contributed by atoms with Gasteiger partial charge in [0.15, 0.2) is 0 Å². The molecule has 0 aliphatic carbocycles. The summed E-state index contributed by atoms with van der Waals surface area (Å²) < 4.78 is 11.8. The summed E-state index contributed by atoms with van der Waals surface area (Å²) in [5.41, 5.74) is -2.37. The highest BCUT2D eigenvalue weighted by Gasteiger charge is 2.40. The van der Waals surface area contributed by atoms with Gasteiger partial charge in [-0.25, -0.2) is 4.39 Å². The van der Waals surface area contributed by atoms with Crippen LogP contribution in [0.2, 0.25) is 0 Å². The Labute approximate surface area is 59.7 Å². The maximum Gasteiger partial charge on any atom is 0.489 e. The molecule has 0 radical (unpaired) electrons. The van der Waals surface area contributed by atoms with Crippen molar-refractivity contribution in [3.8, 4) is 0 Å². The van der Waals surface area contributed by atoms with Crippen LogP contribution >= 0.6 is 12.6 Å². The molecule has 1 unspecified atom stereocenters. The lowest BCUT2D eigenvalue weighted by atomic mass is 10.6. The number of nitrogens with zero attached hydrogens (tertiary/aromatic N) is 2. The Morgan fingerprint density at radius 1 is 1.30 bits per heavy atom. The summed E-state index contributed by atoms with van der Waals surface area (Å²) in [6.45, 7) is 0. The minimum Gasteiger partial charge on any atom is -0.258 e. The first-order valence-corrected chi connectivity index (χ1v) is 2.57. The first-order valence-electron chi connectivity index (χ1n) is 2.06. The molecule has 0 heterocycles. The van der Waals surface area contributed by atoms with Gasteiger partial charge in [-0.05, 0) is 0 Å². The Morgan fingerprint density at radius 2 is 1.60 bits per heavy atom. The summed E-state index contributed by atoms with van der Waals surface area (Å²) in [6.07, 6.45) is -2.47. The van der Waals surface area contributed by atoms with Crippen molar-refractivity contribution in [3.63, 3.8) is 0 Å². The molecule has 0 saturated carbocycles. The van der Waals surface area contributed by atoms with Gasteiger partial charge in [-0.2, -0.15) is 0 Å². The Morgan fingerprint density at radius 3 is 1.60 bits per heavy atom. The monoisotopic (exact) mass is 170 g/mol. The van der Waals surface area contributed by atoms with Crippen molar-refractivity contribution in [2.24, 2.45) is 0 Å². The van der Waals surface area contributed by atoms with E-state index in [-0.39, 0.29) is 0 Å². The van der Waals surface area contributed by atoms with Crippen molar-refractivity contribution >= 4 is 12.6 Å². The molecule has 0 spiro atoms. The van der Waals surface area contributed by atoms with E-state index in [0.717, 1.165) is 0 Å². The molecule has 0 aliphatic heterocycles. The van der Waals surface area contributed by atoms with E-state index in [2.05, 4.69) is 12.6 Å². The van der Waals surface area contributed by atoms with Crippen LogP contribution in [0.1, 0.15) is 0 Å². The van der Waals surface area contributed by atoms with Crippen LogP contribution in [-0.2, 0) is 0 Å². The van der Waals surface area contributed by atoms with Crippen LogP contribution in [0.4, 0.5) is 4.39 Å². The molecular weight excluding hydrogens is 167 g/mol. The molecule has 0 saturated heterocycles. The SMILES string of the molecule is O=[N+]([O-])C(C(F)S)[N+](=O)[O-]. The van der Waals surface area contributed by atoms with Crippen molar-refractivity contribution in [1.82, 2.24) is 0 Å². The van der Waals surface area contributed by atoms with Crippen molar-refractivity contribution in [2.45, 2.75) is 11.7 Å². The zero-order chi connectivity index (χ0) is 8.31. The predicted molar refractivity (Wildman–Crippen MR) is 31.7 cm³/mol. The lowest BCUT2D eigenvalue weighted by Gasteiger charge is -1.99. The van der Waals surface area contributed by atoms with E-state index in [9.17, 15) is 24.6 Å². The van der Waals surface area contributed by atoms with Gasteiger partial charge in [0, 0.05) is 0 Å². The minimum atomic E-state index is -2.47. The third-order valence-corrected chi connectivity index (χ3v) is 0.945. The quantitative estimate of drug-likeness (QED) is 0.281. The van der Waals surface area contributed by atoms with Crippen LogP contribution in [-0.4, -0.2) is 21.5 Å². The van der Waals surface area contributed by atoms with E-state index in [1.165, 1.54) is 0 Å². The van der Waals surface area contributed by atoms with Gasteiger partial charge in [-0.3, -0.25) is 20.2 Å². The number of rotatable bonds is 3. The Bertz CT molecular complexity index is 147. The molecule has 0 amide bonds. The smallest absolute Gasteiger partial charge is 0.258 e. The van der Waals surface area contributed by atoms with E-state index >= 15 is 0 Å². The molecular formula is C2H3FN2O4S. The van der Waals surface area contributed by atoms with E-state index in [4.69, 9.17) is 0 Å². The lowest BCUT2D eigenvalue weighted by molar-refractivity contribution is -0.744. The summed E-state index contributed by atoms with van der Waals surface area (Å²) in [4.78, 5) is 16.6. The van der Waals surface area contributed by atoms with Crippen molar-refractivity contribution in [1.29, 1.82) is 0 Å². The number of nitro groups is 2. The fourth-order valence-corrected chi connectivity index (χ4v) is 0.496. The average molecular weight is 170 g/mol. The number of halogens is 1. The van der Waals surface area contributed by atoms with Gasteiger partial charge in [-0.1, -0.05) is 0 Å². The van der Waals surface area contributed by atoms with Gasteiger partial charge in [0.1, 0.15) is 9.85 Å². The Hall–Kier alpha value is -0.920. The largest absolute Gasteiger partial charge is 0.489 e. The second-order valence-electron chi connectivity index (χ2n) is 1.36. The molecule has 8 heteroatoms. The van der Waals surface area contributed by atoms with Gasteiger partial charge in [0.2, 0.25) is 0 Å². The average Bonchev–Trinajstić information content (AvgIpc) is 1.59. The molecule has 0 aromatic rings. The third-order valence-electron chi connectivity index (χ3n) is 0.678. The lowest BCUT2D eigenvalue weighted by Crippen LogP contribution is -2.35. The topological polar surface area (TPSA) is 86.3 Å². The Balaban J connectivity index is 4.27. The first-order chi connectivity index (χ1) is 4.46. The Kier molecular flexibility index (Phi) is 3.00. The van der Waals surface area contributed by atoms with Gasteiger partial charge >= 0.3 is 6.17 Å². The standard InChI is InChI=1S/C2H3FN2O4S/c3-1(10)2(4(6)7)5(8)9/h1-2,10H. The summed E-state index contributed by atoms with van der Waals surface area (Å²) in [7, 11) is 0. The molecule has 10 heavy (non-hydrogen) atoms. The number of hydrogen-bond donors (Lipinski definition) is 1. The second kappa shape index (κ2) is 3.30. The van der Waals surface area contributed by atoms with Crippen molar-refractivity contribution in [2.75, 3.05) is 0 Å². The van der Waals surface area contributed by atoms with Crippen LogP contribution < -0.4 is 0 Å². The van der Waals surface area contributed by atoms with Gasteiger partial charge in [0.05, 0.1) is 0 Å². The van der Waals surface area contributed by atoms with Crippen LogP contribution in [0.25, 0.3) is 0 Å². The fourth-order valence-electron chi connectivity index (χ4n) is 0.278. The molecule has 58 valence electrons. The van der Waals surface area contributed by atoms with Gasteiger partial charge in [-0.15, -0.1) is 12.6 Å². The molecule has 0 bridgehead atoms. The van der Waals surface area contributed by atoms with E-state index in [1.807, 2.05) is 0 Å². The van der Waals surface area contributed by atoms with Crippen molar-refractivity contribution < 1.29 is 14.2 Å². The van der Waals surface area contributed by atoms with Crippen LogP contribution in [0.15, 0.2) is 0 Å². The summed E-state index contributed by atoms with van der Waals surface area (Å²) in [6, 6.07) is 0. The zero-order valence-electron chi connectivity index (χ0n) is 4.51. The van der Waals surface area contributed by atoms with E-state index in [0.29, 0.717) is 0 Å². The highest BCUT2D eigenvalue weighted by Crippen LogP contribution is 2.06. The van der Waals surface area contributed by atoms with E-state index in [1.54, 1.807) is 0 Å². The first kappa shape index (κ1) is 9.08. The minimum absolute atomic E-state index is 1.34. The number of thiol groups is 1.